The van der Waals surface area contributed by atoms with Gasteiger partial charge in [-0.3, -0.25) is 18.6 Å². The standard InChI is InChI=1S/C77H133N2O7P/c1-7-10-13-16-19-22-25-27-29-31-33-35-37-38-39-40-42-44-46-48-50-52-55-58-61-64-67-70-77(81)86-75(68-65-62-59-56-53-24-21-18-15-12-9-3)74(73-85-87(82,83)84-72-71-79(4,5)6)78-76(80)69-66-63-60-57-54-51-49-47-45-43-41-36-34-32-30-28-26-23-20-17-14-11-8-2/h10,13,19-20,22-23,27-30,33-36,38-39,42-45,65,68,74-75H,7-9,11-12,14-18,21,24-26,31-32,37,40-41,46-64,66-67,69-73H2,1-6H3,(H-,78,80,82,83)/p+1/b13-10-,22-19-,23-20-,29-27-,30-28-,35-33-,36-34-,39-38-,44-42-,45-43-,68-65+. The lowest BCUT2D eigenvalue weighted by Crippen LogP contribution is -2.47. The summed E-state index contributed by atoms with van der Waals surface area (Å²) in [7, 11) is 1.47. The van der Waals surface area contributed by atoms with Crippen LogP contribution in [0.4, 0.5) is 0 Å². The SMILES string of the molecule is CC/C=C\C/C=C\C/C=C\C/C=C\C/C=C\C/C=C\CCCCCCCCCCC(=O)OC(/C=C/CCCCCCCCCCC)C(COP(=O)(O)OCC[N+](C)(C)C)NC(=O)CCCCCCCCC/C=C\C/C=C\C/C=C\C/C=C\CCCCC. The summed E-state index contributed by atoms with van der Waals surface area (Å²) in [6.07, 6.45) is 93.1. The van der Waals surface area contributed by atoms with Crippen LogP contribution in [-0.2, 0) is 27.9 Å². The number of ether oxygens (including phenoxy) is 1. The van der Waals surface area contributed by atoms with E-state index in [0.717, 1.165) is 141 Å². The Morgan fingerprint density at radius 3 is 1.13 bits per heavy atom. The second-order valence-corrected chi connectivity index (χ2v) is 26.1. The third-order valence-electron chi connectivity index (χ3n) is 15.1. The fourth-order valence-electron chi connectivity index (χ4n) is 9.63. The highest BCUT2D eigenvalue weighted by Crippen LogP contribution is 2.43. The zero-order valence-electron chi connectivity index (χ0n) is 57.0. The number of quaternary nitrogens is 1. The van der Waals surface area contributed by atoms with Crippen molar-refractivity contribution >= 4 is 19.7 Å². The Labute approximate surface area is 536 Å². The third kappa shape index (κ3) is 66.4. The molecule has 9 nitrogen and oxygen atoms in total. The van der Waals surface area contributed by atoms with Crippen molar-refractivity contribution in [3.8, 4) is 0 Å². The topological polar surface area (TPSA) is 111 Å². The van der Waals surface area contributed by atoms with Crippen molar-refractivity contribution in [2.45, 2.75) is 303 Å². The highest BCUT2D eigenvalue weighted by molar-refractivity contribution is 7.47. The molecule has 0 aliphatic rings. The number of esters is 1. The Morgan fingerprint density at radius 1 is 0.414 bits per heavy atom. The summed E-state index contributed by atoms with van der Waals surface area (Å²) < 4.78 is 30.8. The first-order valence-corrected chi connectivity index (χ1v) is 37.0. The van der Waals surface area contributed by atoms with Gasteiger partial charge >= 0.3 is 13.8 Å². The first-order valence-electron chi connectivity index (χ1n) is 35.5. The van der Waals surface area contributed by atoms with Gasteiger partial charge in [-0.2, -0.15) is 0 Å². The Bertz CT molecular complexity index is 1950. The van der Waals surface area contributed by atoms with Crippen LogP contribution < -0.4 is 5.32 Å². The van der Waals surface area contributed by atoms with E-state index < -0.39 is 20.0 Å². The fourth-order valence-corrected chi connectivity index (χ4v) is 10.4. The number of carbonyl (C=O) groups excluding carboxylic acids is 2. The number of amides is 1. The van der Waals surface area contributed by atoms with Crippen LogP contribution in [0.5, 0.6) is 0 Å². The number of allylic oxidation sites excluding steroid dienone is 21. The number of hydrogen-bond acceptors (Lipinski definition) is 6. The average molecular weight is 1230 g/mol. The molecule has 0 radical (unpaired) electrons. The van der Waals surface area contributed by atoms with Gasteiger partial charge in [0.2, 0.25) is 5.91 Å². The summed E-state index contributed by atoms with van der Waals surface area (Å²) in [4.78, 5) is 37.9. The van der Waals surface area contributed by atoms with Crippen LogP contribution in [-0.4, -0.2) is 74.3 Å². The van der Waals surface area contributed by atoms with Crippen LogP contribution in [0, 0.1) is 0 Å². The predicted molar refractivity (Wildman–Crippen MR) is 378 cm³/mol. The lowest BCUT2D eigenvalue weighted by molar-refractivity contribution is -0.870. The molecule has 0 bridgehead atoms. The summed E-state index contributed by atoms with van der Waals surface area (Å²) in [6, 6.07) is -0.868. The maximum Gasteiger partial charge on any atom is 0.472 e. The molecular weight excluding hydrogens is 1100 g/mol. The molecule has 0 aromatic rings. The van der Waals surface area contributed by atoms with Crippen LogP contribution in [0.2, 0.25) is 0 Å². The minimum absolute atomic E-state index is 0.0296. The molecule has 0 aliphatic heterocycles. The lowest BCUT2D eigenvalue weighted by atomic mass is 10.1. The van der Waals surface area contributed by atoms with Gasteiger partial charge in [0.15, 0.2) is 0 Å². The van der Waals surface area contributed by atoms with Gasteiger partial charge in [-0.05, 0) is 128 Å². The highest BCUT2D eigenvalue weighted by atomic mass is 31.2. The average Bonchev–Trinajstić information content (AvgIpc) is 3.70. The van der Waals surface area contributed by atoms with Gasteiger partial charge in [-0.25, -0.2) is 4.57 Å². The summed E-state index contributed by atoms with van der Waals surface area (Å²) >= 11 is 0. The number of hydrogen-bond donors (Lipinski definition) is 2. The molecule has 2 N–H and O–H groups in total. The van der Waals surface area contributed by atoms with Crippen LogP contribution >= 0.6 is 7.82 Å². The monoisotopic (exact) mass is 1230 g/mol. The van der Waals surface area contributed by atoms with Crippen LogP contribution in [0.15, 0.2) is 134 Å². The molecule has 0 saturated carbocycles. The molecule has 0 rings (SSSR count). The van der Waals surface area contributed by atoms with Gasteiger partial charge in [0.25, 0.3) is 0 Å². The number of unbranched alkanes of at least 4 members (excludes halogenated alkanes) is 27. The number of carbonyl (C=O) groups is 2. The Balaban J connectivity index is 5.09. The maximum absolute atomic E-state index is 13.6. The number of nitrogens with zero attached hydrogens (tertiary/aromatic N) is 1. The molecule has 0 fully saturated rings. The molecule has 0 heterocycles. The normalized spacial score (nSPS) is 14.3. The molecule has 0 spiro atoms. The second-order valence-electron chi connectivity index (χ2n) is 24.7. The van der Waals surface area contributed by atoms with Gasteiger partial charge in [0.05, 0.1) is 33.8 Å². The van der Waals surface area contributed by atoms with E-state index in [-0.39, 0.29) is 31.5 Å². The number of rotatable bonds is 63. The van der Waals surface area contributed by atoms with Crippen molar-refractivity contribution in [3.63, 3.8) is 0 Å². The Morgan fingerprint density at radius 2 is 0.736 bits per heavy atom. The van der Waals surface area contributed by atoms with Crippen LogP contribution in [0.3, 0.4) is 0 Å². The minimum atomic E-state index is -4.47. The zero-order valence-corrected chi connectivity index (χ0v) is 57.9. The molecule has 498 valence electrons. The van der Waals surface area contributed by atoms with E-state index in [1.807, 2.05) is 33.3 Å². The third-order valence-corrected chi connectivity index (χ3v) is 16.1. The summed E-state index contributed by atoms with van der Waals surface area (Å²) in [6.45, 7) is 6.85. The van der Waals surface area contributed by atoms with E-state index in [9.17, 15) is 19.0 Å². The largest absolute Gasteiger partial charge is 0.472 e. The van der Waals surface area contributed by atoms with Gasteiger partial charge in [0, 0.05) is 12.8 Å². The first-order chi connectivity index (χ1) is 42.4. The summed E-state index contributed by atoms with van der Waals surface area (Å²) in [5.74, 6) is -0.532. The molecule has 3 atom stereocenters. The zero-order chi connectivity index (χ0) is 63.5. The van der Waals surface area contributed by atoms with Gasteiger partial charge in [-0.15, -0.1) is 0 Å². The van der Waals surface area contributed by atoms with Crippen molar-refractivity contribution in [1.29, 1.82) is 0 Å². The maximum atomic E-state index is 13.6. The lowest BCUT2D eigenvalue weighted by Gasteiger charge is -2.27. The number of phosphoric ester groups is 1. The molecular formula is C77H134N2O7P+. The molecule has 0 aromatic carbocycles. The molecule has 0 saturated heterocycles. The van der Waals surface area contributed by atoms with Crippen molar-refractivity contribution in [3.05, 3.63) is 134 Å². The fraction of sp³-hybridized carbons (Fsp3) is 0.688. The summed E-state index contributed by atoms with van der Waals surface area (Å²) in [5.41, 5.74) is 0. The van der Waals surface area contributed by atoms with Crippen molar-refractivity contribution in [1.82, 2.24) is 5.32 Å². The second kappa shape index (κ2) is 65.1. The van der Waals surface area contributed by atoms with Crippen LogP contribution in [0.1, 0.15) is 290 Å². The predicted octanol–water partition coefficient (Wildman–Crippen LogP) is 22.8. The van der Waals surface area contributed by atoms with Gasteiger partial charge in [0.1, 0.15) is 19.3 Å². The Hall–Kier alpha value is -3.85. The molecule has 0 aromatic heterocycles. The van der Waals surface area contributed by atoms with E-state index in [4.69, 9.17) is 13.8 Å². The van der Waals surface area contributed by atoms with E-state index in [1.165, 1.54) is 116 Å². The van der Waals surface area contributed by atoms with Crippen molar-refractivity contribution in [2.75, 3.05) is 40.9 Å². The Kier molecular flexibility index (Phi) is 62.2. The first kappa shape index (κ1) is 83.2. The minimum Gasteiger partial charge on any atom is -0.456 e. The number of nitrogens with one attached hydrogen (secondary N) is 1. The molecule has 10 heteroatoms. The van der Waals surface area contributed by atoms with Crippen LogP contribution in [0.25, 0.3) is 0 Å². The van der Waals surface area contributed by atoms with Crippen molar-refractivity contribution < 1.29 is 37.3 Å². The van der Waals surface area contributed by atoms with E-state index in [0.29, 0.717) is 17.4 Å². The smallest absolute Gasteiger partial charge is 0.456 e. The summed E-state index contributed by atoms with van der Waals surface area (Å²) in [5, 5.41) is 3.06. The molecule has 87 heavy (non-hydrogen) atoms. The van der Waals surface area contributed by atoms with Gasteiger partial charge < -0.3 is 19.4 Å². The van der Waals surface area contributed by atoms with E-state index in [1.54, 1.807) is 0 Å². The number of likely N-dealkylation sites (N-methyl/N-ethyl adjacent to an activating group) is 1. The van der Waals surface area contributed by atoms with Gasteiger partial charge in [-0.1, -0.05) is 283 Å². The van der Waals surface area contributed by atoms with E-state index in [2.05, 4.69) is 148 Å². The highest BCUT2D eigenvalue weighted by Gasteiger charge is 2.30. The van der Waals surface area contributed by atoms with E-state index >= 15 is 0 Å². The number of phosphoric acid groups is 1. The molecule has 0 aliphatic carbocycles. The molecule has 3 unspecified atom stereocenters. The molecule has 1 amide bonds. The quantitative estimate of drug-likeness (QED) is 0.0205. The van der Waals surface area contributed by atoms with Crippen molar-refractivity contribution in [2.24, 2.45) is 0 Å².